The molecule has 0 aliphatic heterocycles. The summed E-state index contributed by atoms with van der Waals surface area (Å²) in [6.07, 6.45) is 1.56. The topological polar surface area (TPSA) is 61.6 Å². The minimum Gasteiger partial charge on any atom is -0.494 e. The van der Waals surface area contributed by atoms with Gasteiger partial charge >= 0.3 is 5.97 Å². The molecule has 6 heteroatoms. The fourth-order valence-electron chi connectivity index (χ4n) is 2.12. The molecule has 3 rings (SSSR count). The summed E-state index contributed by atoms with van der Waals surface area (Å²) in [6.45, 7) is -0.140. The summed E-state index contributed by atoms with van der Waals surface area (Å²) < 4.78 is 29.0. The van der Waals surface area contributed by atoms with Gasteiger partial charge in [-0.15, -0.1) is 0 Å². The molecule has 0 fully saturated rings. The highest BCUT2D eigenvalue weighted by Crippen LogP contribution is 2.21. The third-order valence-corrected chi connectivity index (χ3v) is 3.33. The molecule has 5 nitrogen and oxygen atoms in total. The number of aromatic nitrogens is 1. The van der Waals surface area contributed by atoms with E-state index in [9.17, 15) is 9.18 Å². The number of hydrogen-bond donors (Lipinski definition) is 0. The standard InChI is InChI=1S/C18H14FNO4/c1-22-15-8-7-13(9-14(15)19)18(21)23-11-17-20-10-16(24-17)12-5-3-2-4-6-12/h2-10H,11H2,1H3. The Morgan fingerprint density at radius 3 is 2.71 bits per heavy atom. The van der Waals surface area contributed by atoms with Gasteiger partial charge in [0.25, 0.3) is 0 Å². The van der Waals surface area contributed by atoms with E-state index < -0.39 is 11.8 Å². The molecule has 0 N–H and O–H groups in total. The SMILES string of the molecule is COc1ccc(C(=O)OCc2ncc(-c3ccccc3)o2)cc1F. The lowest BCUT2D eigenvalue weighted by Gasteiger charge is -2.05. The van der Waals surface area contributed by atoms with Gasteiger partial charge in [0.05, 0.1) is 18.9 Å². The van der Waals surface area contributed by atoms with Gasteiger partial charge in [0.15, 0.2) is 23.9 Å². The number of benzene rings is 2. The van der Waals surface area contributed by atoms with Crippen molar-refractivity contribution in [2.75, 3.05) is 7.11 Å². The number of nitrogens with zero attached hydrogens (tertiary/aromatic N) is 1. The molecule has 1 heterocycles. The zero-order chi connectivity index (χ0) is 16.9. The van der Waals surface area contributed by atoms with Crippen LogP contribution < -0.4 is 4.74 Å². The molecule has 0 aliphatic carbocycles. The van der Waals surface area contributed by atoms with E-state index in [2.05, 4.69) is 4.98 Å². The van der Waals surface area contributed by atoms with E-state index in [0.717, 1.165) is 11.6 Å². The second-order valence-electron chi connectivity index (χ2n) is 4.91. The molecule has 0 bridgehead atoms. The first kappa shape index (κ1) is 15.7. The zero-order valence-electron chi connectivity index (χ0n) is 12.9. The van der Waals surface area contributed by atoms with Crippen LogP contribution in [0.1, 0.15) is 16.2 Å². The highest BCUT2D eigenvalue weighted by Gasteiger charge is 2.13. The Morgan fingerprint density at radius 2 is 2.00 bits per heavy atom. The molecule has 0 saturated carbocycles. The van der Waals surface area contributed by atoms with Gasteiger partial charge in [0.1, 0.15) is 0 Å². The molecule has 2 aromatic carbocycles. The molecular formula is C18H14FNO4. The van der Waals surface area contributed by atoms with Crippen molar-refractivity contribution >= 4 is 5.97 Å². The number of rotatable bonds is 5. The highest BCUT2D eigenvalue weighted by atomic mass is 19.1. The minimum atomic E-state index is -0.670. The van der Waals surface area contributed by atoms with Gasteiger partial charge in [-0.3, -0.25) is 0 Å². The fourth-order valence-corrected chi connectivity index (χ4v) is 2.12. The Kier molecular flexibility index (Phi) is 4.56. The third-order valence-electron chi connectivity index (χ3n) is 3.33. The average Bonchev–Trinajstić information content (AvgIpc) is 3.09. The van der Waals surface area contributed by atoms with Crippen LogP contribution in [-0.4, -0.2) is 18.1 Å². The minimum absolute atomic E-state index is 0.0618. The van der Waals surface area contributed by atoms with E-state index in [-0.39, 0.29) is 23.8 Å². The van der Waals surface area contributed by atoms with Crippen LogP contribution in [0.3, 0.4) is 0 Å². The molecule has 0 spiro atoms. The Bertz CT molecular complexity index is 845. The first-order valence-corrected chi connectivity index (χ1v) is 7.18. The van der Waals surface area contributed by atoms with Gasteiger partial charge in [-0.1, -0.05) is 30.3 Å². The first-order chi connectivity index (χ1) is 11.7. The Hall–Kier alpha value is -3.15. The Balaban J connectivity index is 1.65. The molecule has 24 heavy (non-hydrogen) atoms. The number of hydrogen-bond acceptors (Lipinski definition) is 5. The van der Waals surface area contributed by atoms with E-state index in [0.29, 0.717) is 5.76 Å². The molecule has 0 saturated heterocycles. The average molecular weight is 327 g/mol. The normalized spacial score (nSPS) is 10.4. The van der Waals surface area contributed by atoms with Crippen LogP contribution in [0.25, 0.3) is 11.3 Å². The number of ether oxygens (including phenoxy) is 2. The number of carbonyl (C=O) groups excluding carboxylic acids is 1. The van der Waals surface area contributed by atoms with Gasteiger partial charge in [0.2, 0.25) is 5.89 Å². The number of methoxy groups -OCH3 is 1. The molecule has 0 unspecified atom stereocenters. The van der Waals surface area contributed by atoms with Crippen molar-refractivity contribution in [3.63, 3.8) is 0 Å². The second-order valence-corrected chi connectivity index (χ2v) is 4.91. The summed E-state index contributed by atoms with van der Waals surface area (Å²) in [6, 6.07) is 13.3. The van der Waals surface area contributed by atoms with Crippen LogP contribution in [0.4, 0.5) is 4.39 Å². The summed E-state index contributed by atoms with van der Waals surface area (Å²) in [7, 11) is 1.35. The number of oxazole rings is 1. The maximum absolute atomic E-state index is 13.6. The van der Waals surface area contributed by atoms with Crippen LogP contribution in [-0.2, 0) is 11.3 Å². The maximum Gasteiger partial charge on any atom is 0.338 e. The van der Waals surface area contributed by atoms with Crippen molar-refractivity contribution < 1.29 is 23.1 Å². The zero-order valence-corrected chi connectivity index (χ0v) is 12.9. The lowest BCUT2D eigenvalue weighted by atomic mass is 10.2. The number of halogens is 1. The molecule has 0 aliphatic rings. The van der Waals surface area contributed by atoms with Crippen LogP contribution in [0.15, 0.2) is 59.1 Å². The van der Waals surface area contributed by atoms with Crippen molar-refractivity contribution in [1.29, 1.82) is 0 Å². The lowest BCUT2D eigenvalue weighted by molar-refractivity contribution is 0.0438. The summed E-state index contributed by atoms with van der Waals surface area (Å²) in [4.78, 5) is 16.0. The number of esters is 1. The molecular weight excluding hydrogens is 313 g/mol. The third kappa shape index (κ3) is 3.43. The largest absolute Gasteiger partial charge is 0.494 e. The van der Waals surface area contributed by atoms with Crippen LogP contribution >= 0.6 is 0 Å². The Labute approximate surface area is 137 Å². The molecule has 0 radical (unpaired) electrons. The monoisotopic (exact) mass is 327 g/mol. The molecule has 3 aromatic rings. The van der Waals surface area contributed by atoms with E-state index in [1.165, 1.54) is 19.2 Å². The van der Waals surface area contributed by atoms with E-state index in [4.69, 9.17) is 13.9 Å². The van der Waals surface area contributed by atoms with Crippen LogP contribution in [0.2, 0.25) is 0 Å². The summed E-state index contributed by atoms with van der Waals surface area (Å²) >= 11 is 0. The van der Waals surface area contributed by atoms with Gasteiger partial charge in [-0.25, -0.2) is 14.2 Å². The van der Waals surface area contributed by atoms with Crippen molar-refractivity contribution in [1.82, 2.24) is 4.98 Å². The van der Waals surface area contributed by atoms with Gasteiger partial charge < -0.3 is 13.9 Å². The highest BCUT2D eigenvalue weighted by molar-refractivity contribution is 5.89. The van der Waals surface area contributed by atoms with E-state index in [1.54, 1.807) is 6.20 Å². The smallest absolute Gasteiger partial charge is 0.338 e. The molecule has 0 amide bonds. The van der Waals surface area contributed by atoms with Gasteiger partial charge in [0, 0.05) is 5.56 Å². The number of carbonyl (C=O) groups is 1. The predicted octanol–water partition coefficient (Wildman–Crippen LogP) is 3.85. The van der Waals surface area contributed by atoms with Crippen LogP contribution in [0, 0.1) is 5.82 Å². The van der Waals surface area contributed by atoms with E-state index in [1.807, 2.05) is 30.3 Å². The fraction of sp³-hybridized carbons (Fsp3) is 0.111. The summed E-state index contributed by atoms with van der Waals surface area (Å²) in [5, 5.41) is 0. The van der Waals surface area contributed by atoms with Crippen molar-refractivity contribution in [3.05, 3.63) is 72.0 Å². The predicted molar refractivity (Wildman–Crippen MR) is 84.0 cm³/mol. The van der Waals surface area contributed by atoms with Crippen molar-refractivity contribution in [2.24, 2.45) is 0 Å². The molecule has 0 atom stereocenters. The first-order valence-electron chi connectivity index (χ1n) is 7.18. The van der Waals surface area contributed by atoms with Gasteiger partial charge in [-0.2, -0.15) is 0 Å². The van der Waals surface area contributed by atoms with Crippen molar-refractivity contribution in [2.45, 2.75) is 6.61 Å². The molecule has 122 valence electrons. The van der Waals surface area contributed by atoms with Gasteiger partial charge in [-0.05, 0) is 18.2 Å². The van der Waals surface area contributed by atoms with Crippen molar-refractivity contribution in [3.8, 4) is 17.1 Å². The maximum atomic E-state index is 13.6. The summed E-state index contributed by atoms with van der Waals surface area (Å²) in [5.74, 6) is -0.398. The lowest BCUT2D eigenvalue weighted by Crippen LogP contribution is -2.06. The summed E-state index contributed by atoms with van der Waals surface area (Å²) in [5.41, 5.74) is 0.961. The second kappa shape index (κ2) is 6.95. The van der Waals surface area contributed by atoms with Crippen LogP contribution in [0.5, 0.6) is 5.75 Å². The molecule has 1 aromatic heterocycles. The Morgan fingerprint density at radius 1 is 1.21 bits per heavy atom. The van der Waals surface area contributed by atoms with E-state index >= 15 is 0 Å². The quantitative estimate of drug-likeness (QED) is 0.666.